The number of para-hydroxylation sites is 1. The number of hydrogen-bond donors (Lipinski definition) is 2. The second kappa shape index (κ2) is 5.07. The highest BCUT2D eigenvalue weighted by atomic mass is 16.5. The van der Waals surface area contributed by atoms with Crippen LogP contribution in [0.1, 0.15) is 25.7 Å². The number of ether oxygens (including phenoxy) is 1. The van der Waals surface area contributed by atoms with E-state index in [1.165, 1.54) is 25.7 Å². The molecule has 3 nitrogen and oxygen atoms in total. The molecule has 0 bridgehead atoms. The third kappa shape index (κ3) is 2.61. The van der Waals surface area contributed by atoms with Crippen molar-refractivity contribution in [1.29, 1.82) is 0 Å². The first-order valence-electron chi connectivity index (χ1n) is 6.62. The normalized spacial score (nSPS) is 32.1. The van der Waals surface area contributed by atoms with Crippen LogP contribution >= 0.6 is 0 Å². The van der Waals surface area contributed by atoms with E-state index in [-0.39, 0.29) is 0 Å². The molecule has 0 spiro atoms. The van der Waals surface area contributed by atoms with E-state index in [0.717, 1.165) is 5.75 Å². The molecule has 2 aliphatic rings. The molecule has 0 aromatic heterocycles. The fourth-order valence-corrected chi connectivity index (χ4v) is 2.89. The van der Waals surface area contributed by atoms with Crippen molar-refractivity contribution in [2.75, 3.05) is 6.61 Å². The first-order chi connectivity index (χ1) is 8.42. The molecule has 1 saturated carbocycles. The van der Waals surface area contributed by atoms with Gasteiger partial charge in [-0.15, -0.1) is 0 Å². The second-order valence-corrected chi connectivity index (χ2v) is 5.01. The lowest BCUT2D eigenvalue weighted by Crippen LogP contribution is -2.38. The van der Waals surface area contributed by atoms with Gasteiger partial charge in [0.2, 0.25) is 0 Å². The van der Waals surface area contributed by atoms with Gasteiger partial charge in [-0.1, -0.05) is 31.0 Å². The van der Waals surface area contributed by atoms with E-state index in [1.807, 2.05) is 30.3 Å². The molecule has 2 unspecified atom stereocenters. The van der Waals surface area contributed by atoms with Gasteiger partial charge in [-0.05, 0) is 25.0 Å². The van der Waals surface area contributed by atoms with E-state index in [0.29, 0.717) is 24.9 Å². The number of fused-ring (bicyclic) bond motifs is 1. The molecule has 3 rings (SSSR count). The summed E-state index contributed by atoms with van der Waals surface area (Å²) < 4.78 is 5.77. The maximum absolute atomic E-state index is 5.77. The van der Waals surface area contributed by atoms with Gasteiger partial charge in [0.05, 0.1) is 6.17 Å². The Hall–Kier alpha value is -1.06. The lowest BCUT2D eigenvalue weighted by Gasteiger charge is -2.23. The largest absolute Gasteiger partial charge is 0.491 e. The van der Waals surface area contributed by atoms with Crippen molar-refractivity contribution in [3.8, 4) is 5.75 Å². The second-order valence-electron chi connectivity index (χ2n) is 5.01. The summed E-state index contributed by atoms with van der Waals surface area (Å²) in [7, 11) is 0. The van der Waals surface area contributed by atoms with Gasteiger partial charge in [-0.2, -0.15) is 0 Å². The van der Waals surface area contributed by atoms with Crippen LogP contribution in [0.25, 0.3) is 0 Å². The highest BCUT2D eigenvalue weighted by Gasteiger charge is 2.34. The molecule has 1 aliphatic carbocycles. The van der Waals surface area contributed by atoms with Crippen LogP contribution < -0.4 is 15.4 Å². The Bertz CT molecular complexity index is 340. The van der Waals surface area contributed by atoms with Crippen molar-refractivity contribution in [1.82, 2.24) is 10.6 Å². The fraction of sp³-hybridized carbons (Fsp3) is 0.571. The van der Waals surface area contributed by atoms with Crippen molar-refractivity contribution >= 4 is 0 Å². The van der Waals surface area contributed by atoms with Gasteiger partial charge in [-0.3, -0.25) is 10.6 Å². The van der Waals surface area contributed by atoms with Crippen molar-refractivity contribution in [2.45, 2.75) is 43.9 Å². The molecular weight excluding hydrogens is 212 g/mol. The molecule has 2 fully saturated rings. The maximum Gasteiger partial charge on any atom is 0.119 e. The number of benzene rings is 1. The summed E-state index contributed by atoms with van der Waals surface area (Å²) in [6, 6.07) is 11.3. The van der Waals surface area contributed by atoms with Crippen molar-refractivity contribution in [3.05, 3.63) is 30.3 Å². The van der Waals surface area contributed by atoms with Crippen LogP contribution in [0.3, 0.4) is 0 Å². The Balaban J connectivity index is 1.50. The highest BCUT2D eigenvalue weighted by molar-refractivity contribution is 5.21. The minimum absolute atomic E-state index is 0.309. The highest BCUT2D eigenvalue weighted by Crippen LogP contribution is 2.22. The van der Waals surface area contributed by atoms with Crippen LogP contribution in [0.5, 0.6) is 5.75 Å². The number of hydrogen-bond acceptors (Lipinski definition) is 3. The molecule has 1 heterocycles. The van der Waals surface area contributed by atoms with Gasteiger partial charge in [0, 0.05) is 12.1 Å². The zero-order valence-electron chi connectivity index (χ0n) is 10.1. The van der Waals surface area contributed by atoms with E-state index in [2.05, 4.69) is 10.6 Å². The average molecular weight is 232 g/mol. The van der Waals surface area contributed by atoms with E-state index < -0.39 is 0 Å². The zero-order valence-corrected chi connectivity index (χ0v) is 10.1. The minimum atomic E-state index is 0.309. The Labute approximate surface area is 103 Å². The third-order valence-electron chi connectivity index (χ3n) is 3.76. The van der Waals surface area contributed by atoms with Gasteiger partial charge >= 0.3 is 0 Å². The molecule has 3 heteroatoms. The predicted molar refractivity (Wildman–Crippen MR) is 68.0 cm³/mol. The predicted octanol–water partition coefficient (Wildman–Crippen LogP) is 1.90. The molecular formula is C14H20N2O. The first-order valence-corrected chi connectivity index (χ1v) is 6.62. The van der Waals surface area contributed by atoms with E-state index in [9.17, 15) is 0 Å². The average Bonchev–Trinajstić information content (AvgIpc) is 2.80. The van der Waals surface area contributed by atoms with Crippen LogP contribution in [-0.4, -0.2) is 24.9 Å². The molecule has 1 aliphatic heterocycles. The van der Waals surface area contributed by atoms with Gasteiger partial charge < -0.3 is 4.74 Å². The molecule has 0 amide bonds. The van der Waals surface area contributed by atoms with Gasteiger partial charge in [0.1, 0.15) is 12.4 Å². The van der Waals surface area contributed by atoms with Crippen molar-refractivity contribution < 1.29 is 4.74 Å². The van der Waals surface area contributed by atoms with E-state index >= 15 is 0 Å². The smallest absolute Gasteiger partial charge is 0.119 e. The lowest BCUT2D eigenvalue weighted by atomic mass is 9.92. The van der Waals surface area contributed by atoms with E-state index in [1.54, 1.807) is 0 Å². The van der Waals surface area contributed by atoms with Crippen LogP contribution in [0.4, 0.5) is 0 Å². The van der Waals surface area contributed by atoms with Gasteiger partial charge in [0.25, 0.3) is 0 Å². The molecule has 1 aromatic carbocycles. The minimum Gasteiger partial charge on any atom is -0.491 e. The lowest BCUT2D eigenvalue weighted by molar-refractivity contribution is 0.260. The van der Waals surface area contributed by atoms with Crippen LogP contribution in [0.15, 0.2) is 30.3 Å². The quantitative estimate of drug-likeness (QED) is 0.835. The number of nitrogens with one attached hydrogen (secondary N) is 2. The van der Waals surface area contributed by atoms with Crippen LogP contribution in [0, 0.1) is 0 Å². The van der Waals surface area contributed by atoms with Gasteiger partial charge in [0.15, 0.2) is 0 Å². The summed E-state index contributed by atoms with van der Waals surface area (Å²) in [5, 5.41) is 7.25. The molecule has 92 valence electrons. The monoisotopic (exact) mass is 232 g/mol. The SMILES string of the molecule is c1ccc(OCC2NC3CCCCC3N2)cc1. The first kappa shape index (κ1) is 11.1. The molecule has 17 heavy (non-hydrogen) atoms. The van der Waals surface area contributed by atoms with Crippen LogP contribution in [0.2, 0.25) is 0 Å². The van der Waals surface area contributed by atoms with Crippen molar-refractivity contribution in [3.63, 3.8) is 0 Å². The molecule has 1 saturated heterocycles. The topological polar surface area (TPSA) is 33.3 Å². The Kier molecular flexibility index (Phi) is 3.29. The summed E-state index contributed by atoms with van der Waals surface area (Å²) in [6.45, 7) is 0.705. The molecule has 2 N–H and O–H groups in total. The third-order valence-corrected chi connectivity index (χ3v) is 3.76. The Morgan fingerprint density at radius 2 is 1.65 bits per heavy atom. The Morgan fingerprint density at radius 1 is 1.00 bits per heavy atom. The summed E-state index contributed by atoms with van der Waals surface area (Å²) in [6.07, 6.45) is 5.65. The van der Waals surface area contributed by atoms with Crippen LogP contribution in [-0.2, 0) is 0 Å². The standard InChI is InChI=1S/C14H20N2O/c1-2-6-11(7-3-1)17-10-14-15-12-8-4-5-9-13(12)16-14/h1-3,6-7,12-16H,4-5,8-10H2. The zero-order chi connectivity index (χ0) is 11.5. The summed E-state index contributed by atoms with van der Waals surface area (Å²) in [5.74, 6) is 0.950. The maximum atomic E-state index is 5.77. The summed E-state index contributed by atoms with van der Waals surface area (Å²) in [5.41, 5.74) is 0. The summed E-state index contributed by atoms with van der Waals surface area (Å²) in [4.78, 5) is 0. The number of rotatable bonds is 3. The molecule has 0 radical (unpaired) electrons. The van der Waals surface area contributed by atoms with Crippen molar-refractivity contribution in [2.24, 2.45) is 0 Å². The van der Waals surface area contributed by atoms with E-state index in [4.69, 9.17) is 4.74 Å². The Morgan fingerprint density at radius 3 is 2.29 bits per heavy atom. The molecule has 1 aromatic rings. The molecule has 2 atom stereocenters. The fourth-order valence-electron chi connectivity index (χ4n) is 2.89. The summed E-state index contributed by atoms with van der Waals surface area (Å²) >= 11 is 0. The van der Waals surface area contributed by atoms with Gasteiger partial charge in [-0.25, -0.2) is 0 Å².